The lowest BCUT2D eigenvalue weighted by Gasteiger charge is -2.07. The molecular formula is C30H12F9N3. The van der Waals surface area contributed by atoms with Gasteiger partial charge in [0.15, 0.2) is 0 Å². The summed E-state index contributed by atoms with van der Waals surface area (Å²) < 4.78 is 118. The molecule has 0 amide bonds. The molecule has 4 rings (SSSR count). The Balaban J connectivity index is 2.00. The summed E-state index contributed by atoms with van der Waals surface area (Å²) in [5.74, 6) is 0. The van der Waals surface area contributed by atoms with E-state index in [1.807, 2.05) is 18.2 Å². The number of nitriles is 3. The van der Waals surface area contributed by atoms with Crippen molar-refractivity contribution >= 4 is 16.7 Å². The quantitative estimate of drug-likeness (QED) is 0.228. The van der Waals surface area contributed by atoms with Crippen LogP contribution in [-0.2, 0) is 18.5 Å². The second-order valence-electron chi connectivity index (χ2n) is 8.81. The van der Waals surface area contributed by atoms with E-state index in [9.17, 15) is 55.3 Å². The van der Waals surface area contributed by atoms with Crippen molar-refractivity contribution in [1.82, 2.24) is 0 Å². The van der Waals surface area contributed by atoms with Crippen LogP contribution in [0.25, 0.3) is 16.7 Å². The van der Waals surface area contributed by atoms with Crippen LogP contribution < -0.4 is 0 Å². The molecule has 0 unspecified atom stereocenters. The summed E-state index contributed by atoms with van der Waals surface area (Å²) in [6.07, 6.45) is -14.0. The molecule has 1 aliphatic rings. The van der Waals surface area contributed by atoms with Crippen molar-refractivity contribution in [3.05, 3.63) is 123 Å². The number of alkyl halides is 9. The Kier molecular flexibility index (Phi) is 7.50. The highest BCUT2D eigenvalue weighted by Gasteiger charge is 2.42. The molecule has 0 aromatic heterocycles. The van der Waals surface area contributed by atoms with Crippen molar-refractivity contribution in [2.45, 2.75) is 18.5 Å². The van der Waals surface area contributed by atoms with Gasteiger partial charge in [0.25, 0.3) is 0 Å². The average molecular weight is 585 g/mol. The van der Waals surface area contributed by atoms with Crippen molar-refractivity contribution in [3.63, 3.8) is 0 Å². The van der Waals surface area contributed by atoms with Crippen LogP contribution >= 0.6 is 0 Å². The Morgan fingerprint density at radius 3 is 0.714 bits per heavy atom. The molecule has 0 bridgehead atoms. The molecule has 3 aromatic rings. The molecule has 12 heteroatoms. The van der Waals surface area contributed by atoms with Crippen molar-refractivity contribution in [3.8, 4) is 18.2 Å². The van der Waals surface area contributed by atoms with Crippen molar-refractivity contribution in [2.24, 2.45) is 0 Å². The summed E-state index contributed by atoms with van der Waals surface area (Å²) >= 11 is 0. The maximum atomic E-state index is 13.1. The highest BCUT2D eigenvalue weighted by atomic mass is 19.4. The van der Waals surface area contributed by atoms with Gasteiger partial charge in [-0.1, -0.05) is 36.4 Å². The van der Waals surface area contributed by atoms with Crippen LogP contribution in [0.4, 0.5) is 39.5 Å². The number of hydrogen-bond acceptors (Lipinski definition) is 3. The van der Waals surface area contributed by atoms with Gasteiger partial charge in [-0.15, -0.1) is 0 Å². The summed E-state index contributed by atoms with van der Waals surface area (Å²) in [5, 5.41) is 29.9. The summed E-state index contributed by atoms with van der Waals surface area (Å²) in [5.41, 5.74) is -4.04. The van der Waals surface area contributed by atoms with Crippen LogP contribution in [0.3, 0.4) is 0 Å². The van der Waals surface area contributed by atoms with E-state index in [2.05, 4.69) is 0 Å². The lowest BCUT2D eigenvalue weighted by atomic mass is 10.0. The number of nitrogens with zero attached hydrogens (tertiary/aromatic N) is 3. The van der Waals surface area contributed by atoms with Gasteiger partial charge in [0.05, 0.1) is 33.4 Å². The van der Waals surface area contributed by atoms with E-state index in [1.165, 1.54) is 0 Å². The molecule has 0 atom stereocenters. The largest absolute Gasteiger partial charge is 0.416 e. The maximum absolute atomic E-state index is 13.1. The van der Waals surface area contributed by atoms with Gasteiger partial charge in [-0.3, -0.25) is 0 Å². The fraction of sp³-hybridized carbons (Fsp3) is 0.100. The van der Waals surface area contributed by atoms with Crippen LogP contribution in [-0.4, -0.2) is 0 Å². The standard InChI is InChI=1S/C30H12F9N3/c31-28(32,33)19-7-1-16(2-8-19)22(13-40)25-26(23(14-41)17-3-9-20(10-4-17)29(34,35)36)27(25)24(15-42)18-5-11-21(12-6-18)30(37,38)39/h1-12H. The number of benzene rings is 3. The molecular weight excluding hydrogens is 573 g/mol. The highest BCUT2D eigenvalue weighted by molar-refractivity contribution is 6.12. The second kappa shape index (κ2) is 10.6. The summed E-state index contributed by atoms with van der Waals surface area (Å²) in [6, 6.07) is 15.7. The highest BCUT2D eigenvalue weighted by Crippen LogP contribution is 2.56. The molecule has 210 valence electrons. The predicted octanol–water partition coefficient (Wildman–Crippen LogP) is 8.99. The molecule has 1 saturated carbocycles. The minimum atomic E-state index is -4.68. The Morgan fingerprint density at radius 1 is 0.381 bits per heavy atom. The Labute approximate surface area is 232 Å². The molecule has 0 radical (unpaired) electrons. The average Bonchev–Trinajstić information content (AvgIpc) is 3.63. The van der Waals surface area contributed by atoms with Crippen molar-refractivity contribution in [2.75, 3.05) is 0 Å². The van der Waals surface area contributed by atoms with E-state index in [0.717, 1.165) is 36.4 Å². The molecule has 0 N–H and O–H groups in total. The van der Waals surface area contributed by atoms with Gasteiger partial charge in [0.2, 0.25) is 0 Å². The van der Waals surface area contributed by atoms with Gasteiger partial charge < -0.3 is 0 Å². The monoisotopic (exact) mass is 585 g/mol. The third-order valence-electron chi connectivity index (χ3n) is 6.28. The summed E-state index contributed by atoms with van der Waals surface area (Å²) in [4.78, 5) is 0. The molecule has 1 aliphatic carbocycles. The van der Waals surface area contributed by atoms with E-state index >= 15 is 0 Å². The van der Waals surface area contributed by atoms with E-state index in [-0.39, 0.29) is 50.1 Å². The zero-order chi connectivity index (χ0) is 31.0. The van der Waals surface area contributed by atoms with Gasteiger partial charge in [-0.25, -0.2) is 0 Å². The number of rotatable bonds is 3. The fourth-order valence-corrected chi connectivity index (χ4v) is 4.21. The zero-order valence-electron chi connectivity index (χ0n) is 20.7. The van der Waals surface area contributed by atoms with Crippen LogP contribution in [0.15, 0.2) is 89.5 Å². The van der Waals surface area contributed by atoms with Gasteiger partial charge in [0.1, 0.15) is 18.2 Å². The van der Waals surface area contributed by atoms with E-state index < -0.39 is 35.2 Å². The summed E-state index contributed by atoms with van der Waals surface area (Å²) in [6.45, 7) is 0. The smallest absolute Gasteiger partial charge is 0.192 e. The van der Waals surface area contributed by atoms with Gasteiger partial charge >= 0.3 is 18.5 Å². The van der Waals surface area contributed by atoms with Crippen LogP contribution in [0.1, 0.15) is 33.4 Å². The topological polar surface area (TPSA) is 71.4 Å². The molecule has 1 fully saturated rings. The van der Waals surface area contributed by atoms with Crippen molar-refractivity contribution < 1.29 is 39.5 Å². The maximum Gasteiger partial charge on any atom is 0.416 e. The lowest BCUT2D eigenvalue weighted by molar-refractivity contribution is -0.138. The van der Waals surface area contributed by atoms with Crippen LogP contribution in [0.2, 0.25) is 0 Å². The van der Waals surface area contributed by atoms with E-state index in [0.29, 0.717) is 36.4 Å². The lowest BCUT2D eigenvalue weighted by Crippen LogP contribution is -2.04. The van der Waals surface area contributed by atoms with E-state index in [4.69, 9.17) is 0 Å². The SMILES string of the molecule is N#CC(=C1C(=C(C#N)c2ccc(C(F)(F)F)cc2)C1=C(C#N)c1ccc(C(F)(F)F)cc1)c1ccc(C(F)(F)F)cc1. The van der Waals surface area contributed by atoms with Crippen LogP contribution in [0, 0.1) is 34.0 Å². The van der Waals surface area contributed by atoms with Gasteiger partial charge in [-0.05, 0) is 53.1 Å². The molecule has 42 heavy (non-hydrogen) atoms. The first-order valence-corrected chi connectivity index (χ1v) is 11.6. The number of halogens is 9. The third kappa shape index (κ3) is 5.77. The number of hydrogen-bond donors (Lipinski definition) is 0. The minimum Gasteiger partial charge on any atom is -0.192 e. The first-order valence-electron chi connectivity index (χ1n) is 11.6. The molecule has 0 heterocycles. The molecule has 0 saturated heterocycles. The first kappa shape index (κ1) is 29.7. The molecule has 0 spiro atoms. The summed E-state index contributed by atoms with van der Waals surface area (Å²) in [7, 11) is 0. The fourth-order valence-electron chi connectivity index (χ4n) is 4.21. The van der Waals surface area contributed by atoms with Gasteiger partial charge in [-0.2, -0.15) is 55.3 Å². The molecule has 3 nitrogen and oxygen atoms in total. The third-order valence-corrected chi connectivity index (χ3v) is 6.28. The Morgan fingerprint density at radius 2 is 0.571 bits per heavy atom. The molecule has 3 aromatic carbocycles. The van der Waals surface area contributed by atoms with E-state index in [1.54, 1.807) is 0 Å². The first-order chi connectivity index (χ1) is 19.6. The zero-order valence-corrected chi connectivity index (χ0v) is 20.7. The predicted molar refractivity (Wildman–Crippen MR) is 132 cm³/mol. The number of allylic oxidation sites excluding steroid dienone is 6. The molecule has 0 aliphatic heterocycles. The van der Waals surface area contributed by atoms with Gasteiger partial charge in [0, 0.05) is 16.7 Å². The minimum absolute atomic E-state index is 0.0255. The van der Waals surface area contributed by atoms with Crippen molar-refractivity contribution in [1.29, 1.82) is 15.8 Å². The Hall–Kier alpha value is -5.28. The normalized spacial score (nSPS) is 13.1. The van der Waals surface area contributed by atoms with Crippen LogP contribution in [0.5, 0.6) is 0 Å². The second-order valence-corrected chi connectivity index (χ2v) is 8.81. The Bertz CT molecular complexity index is 1540.